The Balaban J connectivity index is 2.15. The highest BCUT2D eigenvalue weighted by atomic mass is 16.5. The van der Waals surface area contributed by atoms with Gasteiger partial charge in [-0.1, -0.05) is 0 Å². The molecule has 86 valence electrons. The molecule has 2 heterocycles. The van der Waals surface area contributed by atoms with Gasteiger partial charge in [-0.25, -0.2) is 9.78 Å². The first-order valence-corrected chi connectivity index (χ1v) is 5.56. The quantitative estimate of drug-likeness (QED) is 0.808. The van der Waals surface area contributed by atoms with Crippen LogP contribution in [-0.2, 0) is 6.42 Å². The average molecular weight is 228 g/mol. The van der Waals surface area contributed by atoms with E-state index in [2.05, 4.69) is 16.0 Å². The Morgan fingerprint density at radius 2 is 2.29 bits per heavy atom. The third-order valence-electron chi connectivity index (χ3n) is 2.98. The van der Waals surface area contributed by atoms with Gasteiger partial charge in [0.2, 0.25) is 0 Å². The van der Waals surface area contributed by atoms with E-state index < -0.39 is 0 Å². The zero-order valence-corrected chi connectivity index (χ0v) is 9.49. The fourth-order valence-electron chi connectivity index (χ4n) is 2.10. The number of hydrogen-bond acceptors (Lipinski definition) is 3. The van der Waals surface area contributed by atoms with Gasteiger partial charge in [-0.15, -0.1) is 0 Å². The van der Waals surface area contributed by atoms with Crippen LogP contribution in [0, 0.1) is 6.92 Å². The van der Waals surface area contributed by atoms with Crippen LogP contribution < -0.4 is 10.4 Å². The number of rotatable bonds is 1. The minimum atomic E-state index is -0.317. The first kappa shape index (κ1) is 10.1. The van der Waals surface area contributed by atoms with Crippen molar-refractivity contribution < 1.29 is 4.74 Å². The van der Waals surface area contributed by atoms with E-state index in [0.29, 0.717) is 0 Å². The van der Waals surface area contributed by atoms with Crippen molar-refractivity contribution in [3.05, 3.63) is 46.0 Å². The van der Waals surface area contributed by atoms with Gasteiger partial charge in [0, 0.05) is 12.6 Å². The molecular formula is C13H12N2O2. The van der Waals surface area contributed by atoms with E-state index in [9.17, 15) is 4.79 Å². The number of ether oxygens (including phenoxy) is 1. The maximum absolute atomic E-state index is 11.3. The van der Waals surface area contributed by atoms with E-state index in [1.165, 1.54) is 5.56 Å². The second-order valence-corrected chi connectivity index (χ2v) is 4.17. The van der Waals surface area contributed by atoms with Gasteiger partial charge >= 0.3 is 5.69 Å². The van der Waals surface area contributed by atoms with E-state index in [0.717, 1.165) is 35.6 Å². The monoisotopic (exact) mass is 228 g/mol. The van der Waals surface area contributed by atoms with Crippen molar-refractivity contribution in [3.63, 3.8) is 0 Å². The van der Waals surface area contributed by atoms with Crippen LogP contribution in [0.3, 0.4) is 0 Å². The third kappa shape index (κ3) is 1.71. The summed E-state index contributed by atoms with van der Waals surface area (Å²) in [5.41, 5.74) is 3.68. The molecule has 0 bridgehead atoms. The number of hydrogen-bond donors (Lipinski definition) is 1. The maximum atomic E-state index is 11.3. The van der Waals surface area contributed by atoms with Crippen LogP contribution in [-0.4, -0.2) is 16.6 Å². The first-order chi connectivity index (χ1) is 8.24. The van der Waals surface area contributed by atoms with E-state index in [-0.39, 0.29) is 5.69 Å². The second kappa shape index (κ2) is 3.73. The molecule has 1 aromatic heterocycles. The summed E-state index contributed by atoms with van der Waals surface area (Å²) >= 11 is 0. The van der Waals surface area contributed by atoms with Crippen molar-refractivity contribution in [2.24, 2.45) is 0 Å². The number of aromatic nitrogens is 2. The van der Waals surface area contributed by atoms with Gasteiger partial charge in [-0.3, -0.25) is 0 Å². The fourth-order valence-corrected chi connectivity index (χ4v) is 2.10. The van der Waals surface area contributed by atoms with Crippen molar-refractivity contribution in [2.75, 3.05) is 6.61 Å². The molecular weight excluding hydrogens is 216 g/mol. The van der Waals surface area contributed by atoms with Crippen LogP contribution in [0.15, 0.2) is 29.2 Å². The number of aromatic amines is 1. The number of benzene rings is 1. The summed E-state index contributed by atoms with van der Waals surface area (Å²) in [5.74, 6) is 0.947. The molecule has 1 aromatic carbocycles. The smallest absolute Gasteiger partial charge is 0.345 e. The molecule has 0 fully saturated rings. The minimum Gasteiger partial charge on any atom is -0.493 e. The van der Waals surface area contributed by atoms with Gasteiger partial charge in [0.15, 0.2) is 0 Å². The minimum absolute atomic E-state index is 0.317. The van der Waals surface area contributed by atoms with Gasteiger partial charge in [0.1, 0.15) is 5.75 Å². The van der Waals surface area contributed by atoms with Crippen LogP contribution in [0.4, 0.5) is 0 Å². The van der Waals surface area contributed by atoms with Crippen LogP contribution in [0.2, 0.25) is 0 Å². The highest BCUT2D eigenvalue weighted by Crippen LogP contribution is 2.30. The van der Waals surface area contributed by atoms with Crippen molar-refractivity contribution in [1.29, 1.82) is 0 Å². The van der Waals surface area contributed by atoms with Crippen LogP contribution in [0.25, 0.3) is 11.3 Å². The summed E-state index contributed by atoms with van der Waals surface area (Å²) in [4.78, 5) is 17.7. The summed E-state index contributed by atoms with van der Waals surface area (Å²) in [5, 5.41) is 0. The van der Waals surface area contributed by atoms with Crippen molar-refractivity contribution >= 4 is 0 Å². The third-order valence-corrected chi connectivity index (χ3v) is 2.98. The molecule has 1 aliphatic rings. The van der Waals surface area contributed by atoms with E-state index in [4.69, 9.17) is 4.74 Å². The summed E-state index contributed by atoms with van der Waals surface area (Å²) in [6.45, 7) is 2.67. The second-order valence-electron chi connectivity index (χ2n) is 4.17. The van der Waals surface area contributed by atoms with Crippen LogP contribution in [0.1, 0.15) is 11.1 Å². The number of fused-ring (bicyclic) bond motifs is 1. The highest BCUT2D eigenvalue weighted by molar-refractivity contribution is 5.65. The zero-order valence-electron chi connectivity index (χ0n) is 9.49. The molecule has 0 radical (unpaired) electrons. The molecule has 2 aromatic rings. The first-order valence-electron chi connectivity index (χ1n) is 5.56. The normalized spacial score (nSPS) is 13.2. The van der Waals surface area contributed by atoms with Gasteiger partial charge in [0.25, 0.3) is 0 Å². The summed E-state index contributed by atoms with van der Waals surface area (Å²) in [6.07, 6.45) is 2.52. The van der Waals surface area contributed by atoms with Gasteiger partial charge in [-0.05, 0) is 41.8 Å². The molecule has 3 rings (SSSR count). The Morgan fingerprint density at radius 3 is 3.18 bits per heavy atom. The Bertz CT molecular complexity index is 632. The molecule has 4 nitrogen and oxygen atoms in total. The van der Waals surface area contributed by atoms with E-state index in [1.54, 1.807) is 6.20 Å². The lowest BCUT2D eigenvalue weighted by Gasteiger charge is -2.06. The lowest BCUT2D eigenvalue weighted by molar-refractivity contribution is 0.357. The molecule has 0 aliphatic carbocycles. The van der Waals surface area contributed by atoms with Gasteiger partial charge < -0.3 is 9.72 Å². The standard InChI is InChI=1S/C13H12N2O2/c1-8-7-14-13(16)15-12(8)10-2-3-11-9(6-10)4-5-17-11/h2-3,6-7H,4-5H2,1H3,(H,14,15,16). The van der Waals surface area contributed by atoms with Gasteiger partial charge in [0.05, 0.1) is 12.3 Å². The molecule has 17 heavy (non-hydrogen) atoms. The molecule has 0 saturated heterocycles. The average Bonchev–Trinajstić information content (AvgIpc) is 2.79. The van der Waals surface area contributed by atoms with Crippen molar-refractivity contribution in [2.45, 2.75) is 13.3 Å². The summed E-state index contributed by atoms with van der Waals surface area (Å²) < 4.78 is 5.46. The molecule has 0 spiro atoms. The summed E-state index contributed by atoms with van der Waals surface area (Å²) in [6, 6.07) is 5.99. The van der Waals surface area contributed by atoms with Gasteiger partial charge in [-0.2, -0.15) is 0 Å². The van der Waals surface area contributed by atoms with E-state index in [1.807, 2.05) is 19.1 Å². The summed E-state index contributed by atoms with van der Waals surface area (Å²) in [7, 11) is 0. The maximum Gasteiger partial charge on any atom is 0.345 e. The fraction of sp³-hybridized carbons (Fsp3) is 0.231. The van der Waals surface area contributed by atoms with Crippen molar-refractivity contribution in [3.8, 4) is 17.0 Å². The molecule has 0 amide bonds. The predicted octanol–water partition coefficient (Wildman–Crippen LogP) is 1.68. The molecule has 4 heteroatoms. The lowest BCUT2D eigenvalue weighted by Crippen LogP contribution is -2.11. The number of nitrogens with one attached hydrogen (secondary N) is 1. The van der Waals surface area contributed by atoms with Crippen molar-refractivity contribution in [1.82, 2.24) is 9.97 Å². The molecule has 0 atom stereocenters. The highest BCUT2D eigenvalue weighted by Gasteiger charge is 2.13. The molecule has 0 unspecified atom stereocenters. The molecule has 1 N–H and O–H groups in total. The van der Waals surface area contributed by atoms with Crippen LogP contribution in [0.5, 0.6) is 5.75 Å². The number of H-pyrrole nitrogens is 1. The SMILES string of the molecule is Cc1cnc(=O)[nH]c1-c1ccc2c(c1)CCO2. The Morgan fingerprint density at radius 1 is 1.41 bits per heavy atom. The predicted molar refractivity (Wildman–Crippen MR) is 64.2 cm³/mol. The Kier molecular flexibility index (Phi) is 2.21. The molecule has 0 saturated carbocycles. The Hall–Kier alpha value is -2.10. The van der Waals surface area contributed by atoms with E-state index >= 15 is 0 Å². The van der Waals surface area contributed by atoms with Crippen LogP contribution >= 0.6 is 0 Å². The zero-order chi connectivity index (χ0) is 11.8. The Labute approximate surface area is 98.3 Å². The largest absolute Gasteiger partial charge is 0.493 e. The number of nitrogens with zero attached hydrogens (tertiary/aromatic N) is 1. The number of aryl methyl sites for hydroxylation is 1. The lowest BCUT2D eigenvalue weighted by atomic mass is 10.0. The topological polar surface area (TPSA) is 55.0 Å². The molecule has 1 aliphatic heterocycles.